The SMILES string of the molecule is CNCC(O)COc1cccc(-c2cc(NC(=O)N(C)C)c3cnn(C(C)C)c3n2)c1. The topological polar surface area (TPSA) is 105 Å². The van der Waals surface area contributed by atoms with Crippen molar-refractivity contribution < 1.29 is 14.6 Å². The first kappa shape index (κ1) is 22.5. The van der Waals surface area contributed by atoms with Gasteiger partial charge in [-0.3, -0.25) is 0 Å². The zero-order valence-electron chi connectivity index (χ0n) is 18.6. The van der Waals surface area contributed by atoms with E-state index in [4.69, 9.17) is 9.72 Å². The van der Waals surface area contributed by atoms with Crippen LogP contribution in [0.1, 0.15) is 19.9 Å². The highest BCUT2D eigenvalue weighted by Gasteiger charge is 2.16. The molecule has 9 nitrogen and oxygen atoms in total. The van der Waals surface area contributed by atoms with E-state index in [0.717, 1.165) is 10.9 Å². The number of aromatic nitrogens is 3. The van der Waals surface area contributed by atoms with Gasteiger partial charge in [-0.05, 0) is 39.1 Å². The number of hydrogen-bond acceptors (Lipinski definition) is 6. The molecule has 0 aliphatic rings. The minimum absolute atomic E-state index is 0.112. The molecule has 3 aromatic rings. The number of fused-ring (bicyclic) bond motifs is 1. The van der Waals surface area contributed by atoms with Crippen LogP contribution in [0.5, 0.6) is 5.75 Å². The first-order valence-corrected chi connectivity index (χ1v) is 10.2. The van der Waals surface area contributed by atoms with E-state index in [1.54, 1.807) is 27.3 Å². The van der Waals surface area contributed by atoms with Crippen LogP contribution in [0.3, 0.4) is 0 Å². The molecule has 166 valence electrons. The highest BCUT2D eigenvalue weighted by atomic mass is 16.5. The second-order valence-electron chi connectivity index (χ2n) is 7.85. The summed E-state index contributed by atoms with van der Waals surface area (Å²) in [4.78, 5) is 18.6. The summed E-state index contributed by atoms with van der Waals surface area (Å²) < 4.78 is 7.56. The molecule has 0 saturated carbocycles. The number of pyridine rings is 1. The minimum Gasteiger partial charge on any atom is -0.491 e. The number of nitrogens with one attached hydrogen (secondary N) is 2. The summed E-state index contributed by atoms with van der Waals surface area (Å²) in [5.41, 5.74) is 2.85. The minimum atomic E-state index is -0.601. The molecule has 0 aliphatic heterocycles. The van der Waals surface area contributed by atoms with E-state index in [1.807, 2.05) is 48.9 Å². The lowest BCUT2D eigenvalue weighted by molar-refractivity contribution is 0.108. The second-order valence-corrected chi connectivity index (χ2v) is 7.85. The number of hydrogen-bond donors (Lipinski definition) is 3. The largest absolute Gasteiger partial charge is 0.491 e. The van der Waals surface area contributed by atoms with Gasteiger partial charge in [-0.1, -0.05) is 12.1 Å². The van der Waals surface area contributed by atoms with Gasteiger partial charge in [0.1, 0.15) is 18.5 Å². The molecule has 3 N–H and O–H groups in total. The molecular weight excluding hydrogens is 396 g/mol. The van der Waals surface area contributed by atoms with Crippen molar-refractivity contribution in [1.29, 1.82) is 0 Å². The van der Waals surface area contributed by atoms with Gasteiger partial charge in [0.15, 0.2) is 5.65 Å². The Balaban J connectivity index is 2.00. The maximum Gasteiger partial charge on any atom is 0.321 e. The Labute approximate surface area is 182 Å². The fourth-order valence-corrected chi connectivity index (χ4v) is 3.11. The molecule has 0 bridgehead atoms. The van der Waals surface area contributed by atoms with Crippen LogP contribution in [0.4, 0.5) is 10.5 Å². The van der Waals surface area contributed by atoms with E-state index in [9.17, 15) is 9.90 Å². The number of amides is 2. The van der Waals surface area contributed by atoms with Crippen LogP contribution in [0.25, 0.3) is 22.3 Å². The summed E-state index contributed by atoms with van der Waals surface area (Å²) in [5, 5.41) is 21.0. The summed E-state index contributed by atoms with van der Waals surface area (Å²) in [6.45, 7) is 4.70. The molecule has 1 aromatic carbocycles. The Morgan fingerprint density at radius 1 is 1.29 bits per heavy atom. The zero-order valence-corrected chi connectivity index (χ0v) is 18.6. The molecule has 31 heavy (non-hydrogen) atoms. The standard InChI is InChI=1S/C22H30N6O3/c1-14(2)28-21-18(12-24-28)20(26-22(30)27(4)5)10-19(25-21)15-7-6-8-17(9-15)31-13-16(29)11-23-3/h6-10,12,14,16,23,29H,11,13H2,1-5H3,(H,25,26,30). The summed E-state index contributed by atoms with van der Waals surface area (Å²) in [6, 6.07) is 9.23. The lowest BCUT2D eigenvalue weighted by Crippen LogP contribution is -2.29. The van der Waals surface area contributed by atoms with Crippen molar-refractivity contribution in [2.75, 3.05) is 39.6 Å². The lowest BCUT2D eigenvalue weighted by atomic mass is 10.1. The van der Waals surface area contributed by atoms with Gasteiger partial charge in [-0.2, -0.15) is 5.10 Å². The zero-order chi connectivity index (χ0) is 22.5. The van der Waals surface area contributed by atoms with E-state index >= 15 is 0 Å². The molecule has 2 amide bonds. The predicted octanol–water partition coefficient (Wildman–Crippen LogP) is 2.73. The van der Waals surface area contributed by atoms with Gasteiger partial charge in [0.25, 0.3) is 0 Å². The van der Waals surface area contributed by atoms with Crippen LogP contribution in [0.2, 0.25) is 0 Å². The van der Waals surface area contributed by atoms with Crippen LogP contribution in [0, 0.1) is 0 Å². The molecular formula is C22H30N6O3. The highest BCUT2D eigenvalue weighted by Crippen LogP contribution is 2.31. The van der Waals surface area contributed by atoms with Gasteiger partial charge < -0.3 is 25.4 Å². The molecule has 2 heterocycles. The van der Waals surface area contributed by atoms with E-state index in [0.29, 0.717) is 29.3 Å². The molecule has 0 aliphatic carbocycles. The quantitative estimate of drug-likeness (QED) is 0.512. The Bertz CT molecular complexity index is 1050. The summed E-state index contributed by atoms with van der Waals surface area (Å²) >= 11 is 0. The number of aliphatic hydroxyl groups excluding tert-OH is 1. The van der Waals surface area contributed by atoms with Crippen molar-refractivity contribution >= 4 is 22.8 Å². The number of anilines is 1. The lowest BCUT2D eigenvalue weighted by Gasteiger charge is -2.15. The predicted molar refractivity (Wildman–Crippen MR) is 121 cm³/mol. The van der Waals surface area contributed by atoms with Crippen molar-refractivity contribution in [2.24, 2.45) is 0 Å². The summed E-state index contributed by atoms with van der Waals surface area (Å²) in [5.74, 6) is 0.630. The van der Waals surface area contributed by atoms with Crippen molar-refractivity contribution in [3.05, 3.63) is 36.5 Å². The molecule has 2 aromatic heterocycles. The van der Waals surface area contributed by atoms with E-state index in [-0.39, 0.29) is 18.7 Å². The maximum absolute atomic E-state index is 12.3. The van der Waals surface area contributed by atoms with Crippen LogP contribution >= 0.6 is 0 Å². The molecule has 0 saturated heterocycles. The van der Waals surface area contributed by atoms with Gasteiger partial charge in [0.05, 0.1) is 23.0 Å². The van der Waals surface area contributed by atoms with E-state index < -0.39 is 6.10 Å². The van der Waals surface area contributed by atoms with Crippen LogP contribution < -0.4 is 15.4 Å². The highest BCUT2D eigenvalue weighted by molar-refractivity contribution is 6.00. The van der Waals surface area contributed by atoms with Crippen LogP contribution in [-0.2, 0) is 0 Å². The molecule has 1 unspecified atom stereocenters. The second kappa shape index (κ2) is 9.76. The number of ether oxygens (including phenoxy) is 1. The third kappa shape index (κ3) is 5.31. The van der Waals surface area contributed by atoms with Crippen molar-refractivity contribution in [3.63, 3.8) is 0 Å². The molecule has 3 rings (SSSR count). The Kier molecular flexibility index (Phi) is 7.09. The summed E-state index contributed by atoms with van der Waals surface area (Å²) in [6.07, 6.45) is 1.12. The number of urea groups is 1. The van der Waals surface area contributed by atoms with Crippen LogP contribution in [0.15, 0.2) is 36.5 Å². The van der Waals surface area contributed by atoms with Crippen molar-refractivity contribution in [2.45, 2.75) is 26.0 Å². The molecule has 0 fully saturated rings. The smallest absolute Gasteiger partial charge is 0.321 e. The third-order valence-electron chi connectivity index (χ3n) is 4.72. The first-order valence-electron chi connectivity index (χ1n) is 10.2. The Morgan fingerprint density at radius 2 is 2.06 bits per heavy atom. The molecule has 9 heteroatoms. The van der Waals surface area contributed by atoms with Crippen molar-refractivity contribution in [3.8, 4) is 17.0 Å². The number of nitrogens with zero attached hydrogens (tertiary/aromatic N) is 4. The number of carbonyl (C=O) groups is 1. The fraction of sp³-hybridized carbons (Fsp3) is 0.409. The molecule has 0 spiro atoms. The van der Waals surface area contributed by atoms with Crippen LogP contribution in [-0.4, -0.2) is 71.2 Å². The average Bonchev–Trinajstić information content (AvgIpc) is 3.17. The molecule has 1 atom stereocenters. The number of aliphatic hydroxyl groups is 1. The third-order valence-corrected chi connectivity index (χ3v) is 4.72. The molecule has 0 radical (unpaired) electrons. The summed E-state index contributed by atoms with van der Waals surface area (Å²) in [7, 11) is 5.16. The van der Waals surface area contributed by atoms with Crippen molar-refractivity contribution in [1.82, 2.24) is 25.0 Å². The number of carbonyl (C=O) groups excluding carboxylic acids is 1. The van der Waals surface area contributed by atoms with E-state index in [1.165, 1.54) is 4.90 Å². The monoisotopic (exact) mass is 426 g/mol. The Hall–Kier alpha value is -3.17. The Morgan fingerprint density at radius 3 is 2.74 bits per heavy atom. The average molecular weight is 427 g/mol. The normalized spacial score (nSPS) is 12.2. The van der Waals surface area contributed by atoms with Gasteiger partial charge >= 0.3 is 6.03 Å². The number of benzene rings is 1. The number of rotatable bonds is 8. The van der Waals surface area contributed by atoms with Gasteiger partial charge in [0.2, 0.25) is 0 Å². The number of likely N-dealkylation sites (N-methyl/N-ethyl adjacent to an activating group) is 1. The van der Waals surface area contributed by atoms with Gasteiger partial charge in [-0.25, -0.2) is 14.5 Å². The van der Waals surface area contributed by atoms with E-state index in [2.05, 4.69) is 15.7 Å². The fourth-order valence-electron chi connectivity index (χ4n) is 3.11. The maximum atomic E-state index is 12.3. The van der Waals surface area contributed by atoms with Gasteiger partial charge in [-0.15, -0.1) is 0 Å². The first-order chi connectivity index (χ1) is 14.8. The van der Waals surface area contributed by atoms with Gasteiger partial charge in [0, 0.05) is 32.2 Å².